The number of halogens is 1. The third-order valence-electron chi connectivity index (χ3n) is 3.17. The SMILES string of the molecule is CCNC(=NCCCCOCC)NCCOc1cccc(C)c1.I. The van der Waals surface area contributed by atoms with Crippen LogP contribution in [0.2, 0.25) is 0 Å². The molecule has 0 aliphatic heterocycles. The van der Waals surface area contributed by atoms with E-state index in [1.165, 1.54) is 5.56 Å². The summed E-state index contributed by atoms with van der Waals surface area (Å²) in [5, 5.41) is 6.53. The van der Waals surface area contributed by atoms with Crippen LogP contribution in [0, 0.1) is 6.92 Å². The molecule has 0 aliphatic rings. The molecule has 0 unspecified atom stereocenters. The van der Waals surface area contributed by atoms with Crippen molar-refractivity contribution in [2.75, 3.05) is 39.5 Å². The van der Waals surface area contributed by atoms with Gasteiger partial charge in [-0.05, 0) is 51.3 Å². The standard InChI is InChI=1S/C18H31N3O2.HI/c1-4-19-18(20-11-6-7-13-22-5-2)21-12-14-23-17-10-8-9-16(3)15-17;/h8-10,15H,4-7,11-14H2,1-3H3,(H2,19,20,21);1H. The zero-order valence-electron chi connectivity index (χ0n) is 15.1. The van der Waals surface area contributed by atoms with Gasteiger partial charge in [0.2, 0.25) is 0 Å². The Morgan fingerprint density at radius 3 is 2.67 bits per heavy atom. The largest absolute Gasteiger partial charge is 0.492 e. The number of guanidine groups is 1. The molecule has 138 valence electrons. The van der Waals surface area contributed by atoms with E-state index >= 15 is 0 Å². The minimum Gasteiger partial charge on any atom is -0.492 e. The summed E-state index contributed by atoms with van der Waals surface area (Å²) in [5.74, 6) is 1.75. The molecule has 1 aromatic carbocycles. The minimum atomic E-state index is 0. The molecular formula is C18H32IN3O2. The third-order valence-corrected chi connectivity index (χ3v) is 3.17. The van der Waals surface area contributed by atoms with Crippen LogP contribution in [-0.4, -0.2) is 45.4 Å². The maximum atomic E-state index is 5.72. The molecule has 0 amide bonds. The number of hydrogen-bond acceptors (Lipinski definition) is 3. The highest BCUT2D eigenvalue weighted by Crippen LogP contribution is 2.11. The van der Waals surface area contributed by atoms with E-state index in [0.717, 1.165) is 57.4 Å². The van der Waals surface area contributed by atoms with Crippen LogP contribution in [0.25, 0.3) is 0 Å². The zero-order chi connectivity index (χ0) is 16.8. The summed E-state index contributed by atoms with van der Waals surface area (Å²) in [5.41, 5.74) is 1.21. The molecule has 0 bridgehead atoms. The van der Waals surface area contributed by atoms with Crippen LogP contribution in [0.4, 0.5) is 0 Å². The number of aliphatic imine (C=N–C) groups is 1. The molecule has 1 rings (SSSR count). The van der Waals surface area contributed by atoms with E-state index in [1.807, 2.05) is 25.1 Å². The Bertz CT molecular complexity index is 456. The van der Waals surface area contributed by atoms with Crippen LogP contribution in [0.15, 0.2) is 29.3 Å². The quantitative estimate of drug-likeness (QED) is 0.236. The van der Waals surface area contributed by atoms with Crippen molar-refractivity contribution in [1.29, 1.82) is 0 Å². The topological polar surface area (TPSA) is 54.9 Å². The molecular weight excluding hydrogens is 417 g/mol. The first-order valence-corrected chi connectivity index (χ1v) is 8.55. The molecule has 1 aromatic rings. The molecule has 5 nitrogen and oxygen atoms in total. The van der Waals surface area contributed by atoms with Crippen molar-refractivity contribution in [2.45, 2.75) is 33.6 Å². The first-order chi connectivity index (χ1) is 11.3. The van der Waals surface area contributed by atoms with Gasteiger partial charge in [-0.25, -0.2) is 0 Å². The number of benzene rings is 1. The van der Waals surface area contributed by atoms with Gasteiger partial charge in [0.05, 0.1) is 6.54 Å². The lowest BCUT2D eigenvalue weighted by Gasteiger charge is -2.12. The van der Waals surface area contributed by atoms with E-state index in [0.29, 0.717) is 6.61 Å². The van der Waals surface area contributed by atoms with E-state index in [1.54, 1.807) is 0 Å². The van der Waals surface area contributed by atoms with Crippen LogP contribution >= 0.6 is 24.0 Å². The fourth-order valence-corrected chi connectivity index (χ4v) is 2.04. The number of rotatable bonds is 11. The minimum absolute atomic E-state index is 0. The molecule has 0 spiro atoms. The highest BCUT2D eigenvalue weighted by molar-refractivity contribution is 14.0. The van der Waals surface area contributed by atoms with Crippen LogP contribution in [-0.2, 0) is 4.74 Å². The fraction of sp³-hybridized carbons (Fsp3) is 0.611. The van der Waals surface area contributed by atoms with Gasteiger partial charge in [-0.1, -0.05) is 12.1 Å². The predicted molar refractivity (Wildman–Crippen MR) is 112 cm³/mol. The number of nitrogens with one attached hydrogen (secondary N) is 2. The number of nitrogens with zero attached hydrogens (tertiary/aromatic N) is 1. The average molecular weight is 449 g/mol. The summed E-state index contributed by atoms with van der Waals surface area (Å²) in [7, 11) is 0. The van der Waals surface area contributed by atoms with Gasteiger partial charge in [-0.2, -0.15) is 0 Å². The number of unbranched alkanes of at least 4 members (excludes halogenated alkanes) is 1. The molecule has 6 heteroatoms. The third kappa shape index (κ3) is 11.5. The molecule has 0 heterocycles. The molecule has 0 fully saturated rings. The summed E-state index contributed by atoms with van der Waals surface area (Å²) in [4.78, 5) is 4.55. The molecule has 0 atom stereocenters. The Morgan fingerprint density at radius 1 is 1.12 bits per heavy atom. The lowest BCUT2D eigenvalue weighted by atomic mass is 10.2. The smallest absolute Gasteiger partial charge is 0.191 e. The van der Waals surface area contributed by atoms with Crippen LogP contribution in [0.5, 0.6) is 5.75 Å². The lowest BCUT2D eigenvalue weighted by Crippen LogP contribution is -2.39. The van der Waals surface area contributed by atoms with Crippen molar-refractivity contribution >= 4 is 29.9 Å². The maximum absolute atomic E-state index is 5.72. The van der Waals surface area contributed by atoms with Crippen LogP contribution < -0.4 is 15.4 Å². The fourth-order valence-electron chi connectivity index (χ4n) is 2.04. The number of aryl methyl sites for hydroxylation is 1. The second kappa shape index (κ2) is 15.5. The van der Waals surface area contributed by atoms with E-state index in [2.05, 4.69) is 35.5 Å². The monoisotopic (exact) mass is 449 g/mol. The summed E-state index contributed by atoms with van der Waals surface area (Å²) in [6, 6.07) is 8.08. The molecule has 0 radical (unpaired) electrons. The molecule has 0 saturated carbocycles. The Morgan fingerprint density at radius 2 is 1.96 bits per heavy atom. The van der Waals surface area contributed by atoms with Gasteiger partial charge in [-0.3, -0.25) is 4.99 Å². The second-order valence-electron chi connectivity index (χ2n) is 5.26. The molecule has 2 N–H and O–H groups in total. The molecule has 0 aromatic heterocycles. The van der Waals surface area contributed by atoms with Crippen LogP contribution in [0.1, 0.15) is 32.3 Å². The van der Waals surface area contributed by atoms with Gasteiger partial charge in [0, 0.05) is 26.3 Å². The van der Waals surface area contributed by atoms with Crippen molar-refractivity contribution in [1.82, 2.24) is 10.6 Å². The summed E-state index contributed by atoms with van der Waals surface area (Å²) in [6.45, 7) is 10.7. The average Bonchev–Trinajstić information content (AvgIpc) is 2.54. The van der Waals surface area contributed by atoms with Crippen molar-refractivity contribution in [3.8, 4) is 5.75 Å². The van der Waals surface area contributed by atoms with Gasteiger partial charge < -0.3 is 20.1 Å². The van der Waals surface area contributed by atoms with Gasteiger partial charge in [0.1, 0.15) is 12.4 Å². The van der Waals surface area contributed by atoms with Gasteiger partial charge >= 0.3 is 0 Å². The Kier molecular flexibility index (Phi) is 14.8. The highest BCUT2D eigenvalue weighted by atomic mass is 127. The van der Waals surface area contributed by atoms with Crippen LogP contribution in [0.3, 0.4) is 0 Å². The van der Waals surface area contributed by atoms with Crippen molar-refractivity contribution in [3.05, 3.63) is 29.8 Å². The van der Waals surface area contributed by atoms with E-state index in [-0.39, 0.29) is 24.0 Å². The summed E-state index contributed by atoms with van der Waals surface area (Å²) in [6.07, 6.45) is 2.09. The summed E-state index contributed by atoms with van der Waals surface area (Å²) >= 11 is 0. The Labute approximate surface area is 163 Å². The second-order valence-corrected chi connectivity index (χ2v) is 5.26. The number of ether oxygens (including phenoxy) is 2. The summed E-state index contributed by atoms with van der Waals surface area (Å²) < 4.78 is 11.0. The molecule has 0 saturated heterocycles. The first kappa shape index (κ1) is 23.0. The van der Waals surface area contributed by atoms with Crippen molar-refractivity contribution < 1.29 is 9.47 Å². The van der Waals surface area contributed by atoms with Gasteiger partial charge in [-0.15, -0.1) is 24.0 Å². The lowest BCUT2D eigenvalue weighted by molar-refractivity contribution is 0.144. The van der Waals surface area contributed by atoms with Crippen molar-refractivity contribution in [2.24, 2.45) is 4.99 Å². The van der Waals surface area contributed by atoms with E-state index in [4.69, 9.17) is 9.47 Å². The predicted octanol–water partition coefficient (Wildman–Crippen LogP) is 3.36. The highest BCUT2D eigenvalue weighted by Gasteiger charge is 1.98. The maximum Gasteiger partial charge on any atom is 0.191 e. The normalized spacial score (nSPS) is 10.9. The zero-order valence-corrected chi connectivity index (χ0v) is 17.5. The molecule has 24 heavy (non-hydrogen) atoms. The first-order valence-electron chi connectivity index (χ1n) is 8.55. The van der Waals surface area contributed by atoms with E-state index < -0.39 is 0 Å². The van der Waals surface area contributed by atoms with Crippen molar-refractivity contribution in [3.63, 3.8) is 0 Å². The Balaban J connectivity index is 0.00000529. The van der Waals surface area contributed by atoms with Gasteiger partial charge in [0.25, 0.3) is 0 Å². The van der Waals surface area contributed by atoms with Gasteiger partial charge in [0.15, 0.2) is 5.96 Å². The van der Waals surface area contributed by atoms with E-state index in [9.17, 15) is 0 Å². The number of hydrogen-bond donors (Lipinski definition) is 2. The Hall–Kier alpha value is -1.02. The molecule has 0 aliphatic carbocycles.